The summed E-state index contributed by atoms with van der Waals surface area (Å²) in [4.78, 5) is 17.9. The highest BCUT2D eigenvalue weighted by molar-refractivity contribution is 7.10. The smallest absolute Gasteiger partial charge is 0.148 e. The van der Waals surface area contributed by atoms with Crippen LogP contribution in [0.4, 0.5) is 5.82 Å². The van der Waals surface area contributed by atoms with Crippen molar-refractivity contribution in [2.24, 2.45) is 4.99 Å². The van der Waals surface area contributed by atoms with Gasteiger partial charge in [0.15, 0.2) is 0 Å². The number of thiazole rings is 1. The van der Waals surface area contributed by atoms with Crippen molar-refractivity contribution in [2.75, 3.05) is 11.9 Å². The minimum Gasteiger partial charge on any atom is -0.367 e. The minimum absolute atomic E-state index is 0.158. The second-order valence-corrected chi connectivity index (χ2v) is 7.48. The molecule has 5 rings (SSSR count). The molecular weight excluding hydrogens is 368 g/mol. The maximum atomic E-state index is 4.92. The molecule has 3 aromatic rings. The van der Waals surface area contributed by atoms with Gasteiger partial charge in [-0.15, -0.1) is 11.3 Å². The lowest BCUT2D eigenvalue weighted by Crippen LogP contribution is -2.04. The van der Waals surface area contributed by atoms with Crippen LogP contribution in [-0.4, -0.2) is 27.8 Å². The molecule has 0 aliphatic carbocycles. The van der Waals surface area contributed by atoms with E-state index in [1.54, 1.807) is 30.1 Å². The first-order valence-corrected chi connectivity index (χ1v) is 9.98. The molecule has 2 unspecified atom stereocenters. The first kappa shape index (κ1) is 16.8. The van der Waals surface area contributed by atoms with E-state index in [9.17, 15) is 0 Å². The zero-order valence-corrected chi connectivity index (χ0v) is 15.8. The molecule has 7 heteroatoms. The summed E-state index contributed by atoms with van der Waals surface area (Å²) in [7, 11) is 0. The van der Waals surface area contributed by atoms with Gasteiger partial charge in [-0.1, -0.05) is 30.4 Å². The molecule has 2 atom stereocenters. The lowest BCUT2D eigenvalue weighted by atomic mass is 9.96. The van der Waals surface area contributed by atoms with Crippen LogP contribution in [0.5, 0.6) is 0 Å². The van der Waals surface area contributed by atoms with Gasteiger partial charge in [0.05, 0.1) is 23.6 Å². The normalized spacial score (nSPS) is 21.3. The van der Waals surface area contributed by atoms with Crippen molar-refractivity contribution in [2.45, 2.75) is 11.8 Å². The van der Waals surface area contributed by atoms with Crippen molar-refractivity contribution in [3.05, 3.63) is 82.9 Å². The fraction of sp³-hybridized carbons (Fsp3) is 0.143. The Balaban J connectivity index is 1.44. The number of aromatic nitrogens is 3. The second kappa shape index (κ2) is 7.36. The summed E-state index contributed by atoms with van der Waals surface area (Å²) >= 11 is 1.68. The molecule has 0 bridgehead atoms. The van der Waals surface area contributed by atoms with E-state index in [0.717, 1.165) is 34.3 Å². The van der Waals surface area contributed by atoms with E-state index in [1.807, 2.05) is 12.4 Å². The summed E-state index contributed by atoms with van der Waals surface area (Å²) < 4.78 is 0. The predicted molar refractivity (Wildman–Crippen MR) is 113 cm³/mol. The Kier molecular flexibility index (Phi) is 4.42. The molecular formula is C21H18N6S. The number of anilines is 1. The molecule has 2 aromatic heterocycles. The molecule has 1 aromatic carbocycles. The molecule has 0 amide bonds. The maximum Gasteiger partial charge on any atom is 0.148 e. The summed E-state index contributed by atoms with van der Waals surface area (Å²) in [5.74, 6) is 1.20. The quantitative estimate of drug-likeness (QED) is 0.714. The van der Waals surface area contributed by atoms with Crippen molar-refractivity contribution < 1.29 is 0 Å². The maximum absolute atomic E-state index is 4.92. The summed E-state index contributed by atoms with van der Waals surface area (Å²) in [6.45, 7) is 0.789. The van der Waals surface area contributed by atoms with Crippen LogP contribution in [0, 0.1) is 0 Å². The highest BCUT2D eigenvalue weighted by Gasteiger charge is 2.28. The standard InChI is InChI=1S/C21H18N6S/c1-2-15(14-4-6-22-13-23-7-5-14)10-16(3-1)18-12-28-21(27-18)17-11-26-20-19(17)24-8-9-25-20/h1-10,12-14,17H,11H2,(H,22,23)(H,25,26)/b6-4-,7-5?. The number of rotatable bonds is 3. The number of fused-ring (bicyclic) bond motifs is 1. The molecule has 0 spiro atoms. The Hall–Kier alpha value is -3.32. The van der Waals surface area contributed by atoms with E-state index in [-0.39, 0.29) is 11.8 Å². The summed E-state index contributed by atoms with van der Waals surface area (Å²) in [6, 6.07) is 8.52. The van der Waals surface area contributed by atoms with E-state index in [2.05, 4.69) is 67.4 Å². The van der Waals surface area contributed by atoms with Crippen LogP contribution in [-0.2, 0) is 0 Å². The largest absolute Gasteiger partial charge is 0.367 e. The van der Waals surface area contributed by atoms with Gasteiger partial charge in [0, 0.05) is 42.0 Å². The van der Waals surface area contributed by atoms with Gasteiger partial charge < -0.3 is 10.6 Å². The molecule has 0 saturated carbocycles. The van der Waals surface area contributed by atoms with Crippen molar-refractivity contribution in [3.63, 3.8) is 0 Å². The SMILES string of the molecule is C1=CC(c2cccc(-c3csc(C4CNc5nccnc54)n3)c2)/C=C\NC=N1. The van der Waals surface area contributed by atoms with Gasteiger partial charge in [-0.05, 0) is 17.8 Å². The molecule has 2 aliphatic heterocycles. The number of hydrogen-bond acceptors (Lipinski definition) is 7. The topological polar surface area (TPSA) is 75.1 Å². The van der Waals surface area contributed by atoms with Crippen LogP contribution in [0.1, 0.15) is 28.1 Å². The molecule has 28 heavy (non-hydrogen) atoms. The molecule has 138 valence electrons. The Morgan fingerprint density at radius 3 is 3.07 bits per heavy atom. The van der Waals surface area contributed by atoms with E-state index in [1.165, 1.54) is 5.56 Å². The molecule has 2 aliphatic rings. The third-order valence-electron chi connectivity index (χ3n) is 4.85. The number of allylic oxidation sites excluding steroid dienone is 2. The average molecular weight is 386 g/mol. The monoisotopic (exact) mass is 386 g/mol. The predicted octanol–water partition coefficient (Wildman–Crippen LogP) is 3.90. The van der Waals surface area contributed by atoms with Crippen molar-refractivity contribution in [3.8, 4) is 11.3 Å². The second-order valence-electron chi connectivity index (χ2n) is 6.59. The van der Waals surface area contributed by atoms with E-state index < -0.39 is 0 Å². The highest BCUT2D eigenvalue weighted by Crippen LogP contribution is 2.36. The van der Waals surface area contributed by atoms with Crippen LogP contribution in [0.15, 0.2) is 71.6 Å². The Morgan fingerprint density at radius 2 is 2.07 bits per heavy atom. The minimum atomic E-state index is 0.158. The fourth-order valence-corrected chi connectivity index (χ4v) is 4.37. The van der Waals surface area contributed by atoms with E-state index >= 15 is 0 Å². The Bertz CT molecular complexity index is 1080. The average Bonchev–Trinajstić information content (AvgIpc) is 3.35. The zero-order chi connectivity index (χ0) is 18.8. The van der Waals surface area contributed by atoms with Gasteiger partial charge in [0.2, 0.25) is 0 Å². The zero-order valence-electron chi connectivity index (χ0n) is 15.0. The van der Waals surface area contributed by atoms with Gasteiger partial charge in [-0.2, -0.15) is 0 Å². The summed E-state index contributed by atoms with van der Waals surface area (Å²) in [5.41, 5.74) is 4.30. The van der Waals surface area contributed by atoms with Gasteiger partial charge in [-0.25, -0.2) is 15.0 Å². The van der Waals surface area contributed by atoms with Gasteiger partial charge in [0.1, 0.15) is 10.8 Å². The molecule has 2 N–H and O–H groups in total. The third-order valence-corrected chi connectivity index (χ3v) is 5.80. The van der Waals surface area contributed by atoms with Crippen molar-refractivity contribution in [1.29, 1.82) is 0 Å². The van der Waals surface area contributed by atoms with Crippen LogP contribution in [0.2, 0.25) is 0 Å². The lowest BCUT2D eigenvalue weighted by molar-refractivity contribution is 0.858. The fourth-order valence-electron chi connectivity index (χ4n) is 3.44. The molecule has 6 nitrogen and oxygen atoms in total. The van der Waals surface area contributed by atoms with Crippen molar-refractivity contribution in [1.82, 2.24) is 20.3 Å². The highest BCUT2D eigenvalue weighted by atomic mass is 32.1. The number of nitrogens with zero attached hydrogens (tertiary/aromatic N) is 4. The number of hydrogen-bond donors (Lipinski definition) is 2. The van der Waals surface area contributed by atoms with E-state index in [0.29, 0.717) is 0 Å². The van der Waals surface area contributed by atoms with Gasteiger partial charge >= 0.3 is 0 Å². The number of benzene rings is 1. The lowest BCUT2D eigenvalue weighted by Gasteiger charge is -2.11. The van der Waals surface area contributed by atoms with Gasteiger partial charge in [0.25, 0.3) is 0 Å². The van der Waals surface area contributed by atoms with Crippen LogP contribution in [0.3, 0.4) is 0 Å². The number of nitrogens with one attached hydrogen (secondary N) is 2. The van der Waals surface area contributed by atoms with Crippen LogP contribution in [0.25, 0.3) is 11.3 Å². The summed E-state index contributed by atoms with van der Waals surface area (Å²) in [6.07, 6.45) is 13.1. The van der Waals surface area contributed by atoms with E-state index in [4.69, 9.17) is 4.98 Å². The van der Waals surface area contributed by atoms with Crippen LogP contribution >= 0.6 is 11.3 Å². The first-order valence-electron chi connectivity index (χ1n) is 9.10. The Morgan fingerprint density at radius 1 is 1.11 bits per heavy atom. The number of aliphatic imine (C=N–C) groups is 1. The van der Waals surface area contributed by atoms with Crippen molar-refractivity contribution >= 4 is 23.5 Å². The molecule has 4 heterocycles. The first-order chi connectivity index (χ1) is 13.9. The molecule has 0 radical (unpaired) electrons. The molecule has 0 saturated heterocycles. The summed E-state index contributed by atoms with van der Waals surface area (Å²) in [5, 5.41) is 9.54. The van der Waals surface area contributed by atoms with Gasteiger partial charge in [-0.3, -0.25) is 4.98 Å². The van der Waals surface area contributed by atoms with Crippen LogP contribution < -0.4 is 10.6 Å². The Labute approximate surface area is 166 Å². The third kappa shape index (κ3) is 3.20. The molecule has 0 fully saturated rings.